The lowest BCUT2D eigenvalue weighted by molar-refractivity contribution is 0.190. The van der Waals surface area contributed by atoms with Crippen LogP contribution in [0.1, 0.15) is 30.0 Å². The van der Waals surface area contributed by atoms with Gasteiger partial charge < -0.3 is 15.8 Å². The number of benzene rings is 1. The zero-order chi connectivity index (χ0) is 18.7. The van der Waals surface area contributed by atoms with E-state index in [9.17, 15) is 4.79 Å². The zero-order valence-corrected chi connectivity index (χ0v) is 15.2. The number of hydrogen-bond acceptors (Lipinski definition) is 5. The van der Waals surface area contributed by atoms with Gasteiger partial charge in [-0.15, -0.1) is 0 Å². The van der Waals surface area contributed by atoms with Gasteiger partial charge in [-0.2, -0.15) is 5.10 Å². The lowest BCUT2D eigenvalue weighted by Crippen LogP contribution is -2.37. The molecule has 0 saturated heterocycles. The quantitative estimate of drug-likeness (QED) is 0.427. The van der Waals surface area contributed by atoms with Gasteiger partial charge in [0.2, 0.25) is 0 Å². The fraction of sp³-hybridized carbons (Fsp3) is 0.444. The lowest BCUT2D eigenvalue weighted by Gasteiger charge is -2.33. The third kappa shape index (κ3) is 3.20. The Labute approximate surface area is 151 Å². The number of anilines is 1. The molecule has 0 amide bonds. The number of aryl methyl sites for hydroxylation is 1. The molecule has 1 aromatic carbocycles. The van der Waals surface area contributed by atoms with Crippen molar-refractivity contribution in [1.29, 1.82) is 0 Å². The number of methoxy groups -OCH3 is 1. The Kier molecular flexibility index (Phi) is 5.32. The highest BCUT2D eigenvalue weighted by atomic mass is 16.5. The first-order valence-electron chi connectivity index (χ1n) is 8.60. The first-order chi connectivity index (χ1) is 12.6. The van der Waals surface area contributed by atoms with Gasteiger partial charge in [-0.1, -0.05) is 0 Å². The Morgan fingerprint density at radius 2 is 2.27 bits per heavy atom. The maximum Gasteiger partial charge on any atom is 0.272 e. The van der Waals surface area contributed by atoms with Crippen LogP contribution in [0.5, 0.6) is 0 Å². The molecule has 138 valence electrons. The molecule has 3 rings (SSSR count). The van der Waals surface area contributed by atoms with Gasteiger partial charge in [0.25, 0.3) is 5.56 Å². The van der Waals surface area contributed by atoms with Crippen LogP contribution in [0.25, 0.3) is 10.8 Å². The van der Waals surface area contributed by atoms with E-state index in [1.165, 1.54) is 6.34 Å². The first-order valence-corrected chi connectivity index (χ1v) is 8.60. The smallest absolute Gasteiger partial charge is 0.272 e. The number of aromatic amines is 1. The Hall–Kier alpha value is -2.74. The summed E-state index contributed by atoms with van der Waals surface area (Å²) < 4.78 is 5.19. The third-order valence-corrected chi connectivity index (χ3v) is 4.68. The number of H-pyrrole nitrogens is 1. The standard InChI is InChI=1S/C18H24N6O2/c1-10-7-11-14-13(8-10)22-12(5-4-6-26-3)15(17(20-2)21-9-19)16(14)23-24-18(11)25/h7-9,12,15,22H,4-6H2,1-3H3,(H,24,25)(H2,19,20,21). The average Bonchev–Trinajstić information content (AvgIpc) is 2.62. The van der Waals surface area contributed by atoms with Crippen LogP contribution < -0.4 is 16.6 Å². The van der Waals surface area contributed by atoms with E-state index in [1.54, 1.807) is 14.2 Å². The summed E-state index contributed by atoms with van der Waals surface area (Å²) in [5, 5.41) is 12.0. The van der Waals surface area contributed by atoms with Crippen molar-refractivity contribution in [2.45, 2.75) is 31.7 Å². The molecule has 4 N–H and O–H groups in total. The van der Waals surface area contributed by atoms with Gasteiger partial charge in [0.1, 0.15) is 5.84 Å². The molecule has 1 aliphatic rings. The summed E-state index contributed by atoms with van der Waals surface area (Å²) in [6.45, 7) is 2.64. The normalized spacial score (nSPS) is 19.9. The number of nitrogens with two attached hydrogens (primary N) is 1. The monoisotopic (exact) mass is 356 g/mol. The van der Waals surface area contributed by atoms with E-state index < -0.39 is 0 Å². The van der Waals surface area contributed by atoms with Gasteiger partial charge in [-0.05, 0) is 37.5 Å². The highest BCUT2D eigenvalue weighted by molar-refractivity contribution is 6.04. The summed E-state index contributed by atoms with van der Waals surface area (Å²) in [6.07, 6.45) is 2.96. The van der Waals surface area contributed by atoms with Crippen molar-refractivity contribution in [3.05, 3.63) is 33.7 Å². The number of nitrogens with one attached hydrogen (secondary N) is 2. The molecule has 2 atom stereocenters. The van der Waals surface area contributed by atoms with E-state index in [2.05, 4.69) is 25.5 Å². The molecule has 2 aromatic rings. The summed E-state index contributed by atoms with van der Waals surface area (Å²) in [4.78, 5) is 20.9. The molecule has 0 saturated carbocycles. The van der Waals surface area contributed by atoms with Gasteiger partial charge in [0.05, 0.1) is 23.3 Å². The molecule has 0 radical (unpaired) electrons. The highest BCUT2D eigenvalue weighted by Crippen LogP contribution is 2.39. The second kappa shape index (κ2) is 7.65. The summed E-state index contributed by atoms with van der Waals surface area (Å²) >= 11 is 0. The Balaban J connectivity index is 2.19. The zero-order valence-electron chi connectivity index (χ0n) is 15.2. The average molecular weight is 356 g/mol. The van der Waals surface area contributed by atoms with Crippen molar-refractivity contribution in [2.75, 3.05) is 26.1 Å². The second-order valence-corrected chi connectivity index (χ2v) is 6.40. The molecule has 0 aliphatic carbocycles. The van der Waals surface area contributed by atoms with Crippen LogP contribution in [-0.2, 0) is 4.74 Å². The lowest BCUT2D eigenvalue weighted by atomic mass is 9.84. The van der Waals surface area contributed by atoms with Gasteiger partial charge in [-0.3, -0.25) is 9.79 Å². The van der Waals surface area contributed by atoms with Crippen LogP contribution in [0.4, 0.5) is 5.69 Å². The summed E-state index contributed by atoms with van der Waals surface area (Å²) in [5.41, 5.74) is 8.02. The predicted molar refractivity (Wildman–Crippen MR) is 104 cm³/mol. The molecule has 1 aromatic heterocycles. The minimum Gasteiger partial charge on any atom is -0.390 e. The number of ether oxygens (including phenoxy) is 1. The predicted octanol–water partition coefficient (Wildman–Crippen LogP) is 1.55. The molecular weight excluding hydrogens is 332 g/mol. The summed E-state index contributed by atoms with van der Waals surface area (Å²) in [6, 6.07) is 3.94. The van der Waals surface area contributed by atoms with Gasteiger partial charge >= 0.3 is 0 Å². The van der Waals surface area contributed by atoms with Crippen LogP contribution in [0.15, 0.2) is 26.9 Å². The van der Waals surface area contributed by atoms with Crippen molar-refractivity contribution in [3.63, 3.8) is 0 Å². The van der Waals surface area contributed by atoms with E-state index in [0.717, 1.165) is 35.2 Å². The molecule has 8 heteroatoms. The number of aromatic nitrogens is 2. The first kappa shape index (κ1) is 18.1. The van der Waals surface area contributed by atoms with Crippen LogP contribution in [0, 0.1) is 6.92 Å². The molecular formula is C18H24N6O2. The van der Waals surface area contributed by atoms with Crippen molar-refractivity contribution < 1.29 is 4.74 Å². The van der Waals surface area contributed by atoms with Crippen LogP contribution in [0.3, 0.4) is 0 Å². The SMILES string of the molecule is CN=C(N=CN)C1c2n[nH]c(=O)c3cc(C)cc(c23)NC1CCCOC. The highest BCUT2D eigenvalue weighted by Gasteiger charge is 2.35. The van der Waals surface area contributed by atoms with E-state index >= 15 is 0 Å². The van der Waals surface area contributed by atoms with E-state index in [-0.39, 0.29) is 17.5 Å². The number of amidine groups is 1. The van der Waals surface area contributed by atoms with E-state index in [4.69, 9.17) is 10.5 Å². The summed E-state index contributed by atoms with van der Waals surface area (Å²) in [7, 11) is 3.37. The third-order valence-electron chi connectivity index (χ3n) is 4.68. The molecule has 2 unspecified atom stereocenters. The van der Waals surface area contributed by atoms with Gasteiger partial charge in [-0.25, -0.2) is 10.1 Å². The largest absolute Gasteiger partial charge is 0.390 e. The number of nitrogens with zero attached hydrogens (tertiary/aromatic N) is 3. The van der Waals surface area contributed by atoms with Crippen LogP contribution >= 0.6 is 0 Å². The van der Waals surface area contributed by atoms with Gasteiger partial charge in [0.15, 0.2) is 0 Å². The van der Waals surface area contributed by atoms with Crippen LogP contribution in [-0.4, -0.2) is 49.2 Å². The fourth-order valence-electron chi connectivity index (χ4n) is 3.62. The minimum atomic E-state index is -0.216. The molecule has 26 heavy (non-hydrogen) atoms. The maximum atomic E-state index is 12.3. The van der Waals surface area contributed by atoms with Crippen molar-refractivity contribution in [3.8, 4) is 0 Å². The van der Waals surface area contributed by atoms with Crippen molar-refractivity contribution in [2.24, 2.45) is 15.7 Å². The maximum absolute atomic E-state index is 12.3. The topological polar surface area (TPSA) is 118 Å². The molecule has 0 bridgehead atoms. The molecule has 0 spiro atoms. The Morgan fingerprint density at radius 3 is 2.96 bits per heavy atom. The Morgan fingerprint density at radius 1 is 1.46 bits per heavy atom. The van der Waals surface area contributed by atoms with Crippen molar-refractivity contribution >= 4 is 28.6 Å². The number of aliphatic imine (C=N–C) groups is 2. The van der Waals surface area contributed by atoms with Crippen LogP contribution in [0.2, 0.25) is 0 Å². The minimum absolute atomic E-state index is 0.0171. The van der Waals surface area contributed by atoms with E-state index in [1.807, 2.05) is 19.1 Å². The van der Waals surface area contributed by atoms with Gasteiger partial charge in [0, 0.05) is 37.9 Å². The molecule has 0 fully saturated rings. The fourth-order valence-corrected chi connectivity index (χ4v) is 3.62. The van der Waals surface area contributed by atoms with E-state index in [0.29, 0.717) is 17.8 Å². The van der Waals surface area contributed by atoms with Crippen molar-refractivity contribution in [1.82, 2.24) is 10.2 Å². The number of rotatable bonds is 5. The summed E-state index contributed by atoms with van der Waals surface area (Å²) in [5.74, 6) is 0.362. The molecule has 1 aliphatic heterocycles. The second-order valence-electron chi connectivity index (χ2n) is 6.40. The Bertz CT molecular complexity index is 918. The molecule has 2 heterocycles. The number of hydrogen-bond donors (Lipinski definition) is 3. The molecule has 8 nitrogen and oxygen atoms in total.